The van der Waals surface area contributed by atoms with Gasteiger partial charge in [0.2, 0.25) is 5.95 Å². The second-order valence-corrected chi connectivity index (χ2v) is 7.29. The molecule has 2 heterocycles. The Morgan fingerprint density at radius 3 is 2.36 bits per heavy atom. The maximum absolute atomic E-state index is 6.24. The Hall–Kier alpha value is -1.32. The predicted molar refractivity (Wildman–Crippen MR) is 94.2 cm³/mol. The lowest BCUT2D eigenvalue weighted by molar-refractivity contribution is 0.415. The summed E-state index contributed by atoms with van der Waals surface area (Å²) in [6.45, 7) is 11.1. The second-order valence-electron chi connectivity index (χ2n) is 7.29. The Morgan fingerprint density at radius 2 is 1.77 bits per heavy atom. The third kappa shape index (κ3) is 4.59. The summed E-state index contributed by atoms with van der Waals surface area (Å²) in [5.41, 5.74) is 8.45. The van der Waals surface area contributed by atoms with Crippen molar-refractivity contribution in [2.75, 3.05) is 23.7 Å². The first-order chi connectivity index (χ1) is 10.5. The van der Waals surface area contributed by atoms with Crippen molar-refractivity contribution in [3.63, 3.8) is 0 Å². The van der Waals surface area contributed by atoms with Crippen molar-refractivity contribution in [2.24, 2.45) is 11.8 Å². The van der Waals surface area contributed by atoms with Gasteiger partial charge in [-0.1, -0.05) is 20.8 Å². The Bertz CT molecular complexity index is 455. The molecule has 0 saturated carbocycles. The van der Waals surface area contributed by atoms with E-state index in [9.17, 15) is 0 Å². The van der Waals surface area contributed by atoms with E-state index in [1.54, 1.807) is 0 Å². The van der Waals surface area contributed by atoms with Crippen LogP contribution in [0.1, 0.15) is 64.1 Å². The van der Waals surface area contributed by atoms with E-state index >= 15 is 0 Å². The molecule has 0 bridgehead atoms. The van der Waals surface area contributed by atoms with E-state index in [0.29, 0.717) is 5.82 Å². The molecule has 1 aromatic heterocycles. The van der Waals surface area contributed by atoms with E-state index in [-0.39, 0.29) is 0 Å². The first kappa shape index (κ1) is 17.0. The molecule has 1 aliphatic heterocycles. The molecule has 0 aliphatic carbocycles. The lowest BCUT2D eigenvalue weighted by atomic mass is 9.93. The topological polar surface area (TPSA) is 55.0 Å². The van der Waals surface area contributed by atoms with Crippen LogP contribution in [-0.4, -0.2) is 23.1 Å². The Labute approximate surface area is 135 Å². The molecule has 1 aromatic rings. The van der Waals surface area contributed by atoms with Gasteiger partial charge in [0.1, 0.15) is 5.82 Å². The number of anilines is 2. The predicted octanol–water partition coefficient (Wildman–Crippen LogP) is 3.97. The SMILES string of the molecule is Cc1nc(N2CCCCC2)nc(N)c1CCC(C)CC(C)C. The van der Waals surface area contributed by atoms with E-state index in [1.807, 2.05) is 0 Å². The number of aryl methyl sites for hydroxylation is 1. The molecule has 1 atom stereocenters. The highest BCUT2D eigenvalue weighted by Gasteiger charge is 2.17. The van der Waals surface area contributed by atoms with Gasteiger partial charge in [-0.2, -0.15) is 4.98 Å². The fourth-order valence-corrected chi connectivity index (χ4v) is 3.46. The number of hydrogen-bond acceptors (Lipinski definition) is 4. The number of hydrogen-bond donors (Lipinski definition) is 1. The van der Waals surface area contributed by atoms with Crippen molar-refractivity contribution in [3.8, 4) is 0 Å². The van der Waals surface area contributed by atoms with Crippen molar-refractivity contribution in [1.82, 2.24) is 9.97 Å². The lowest BCUT2D eigenvalue weighted by Gasteiger charge is -2.27. The van der Waals surface area contributed by atoms with Crippen molar-refractivity contribution < 1.29 is 0 Å². The number of nitrogens with zero attached hydrogens (tertiary/aromatic N) is 3. The fourth-order valence-electron chi connectivity index (χ4n) is 3.46. The van der Waals surface area contributed by atoms with Crippen LogP contribution in [0.15, 0.2) is 0 Å². The number of nitrogens with two attached hydrogens (primary N) is 1. The van der Waals surface area contributed by atoms with E-state index in [2.05, 4.69) is 37.6 Å². The van der Waals surface area contributed by atoms with Gasteiger partial charge in [-0.05, 0) is 57.3 Å². The summed E-state index contributed by atoms with van der Waals surface area (Å²) in [5, 5.41) is 0. The van der Waals surface area contributed by atoms with Crippen LogP contribution in [0.25, 0.3) is 0 Å². The lowest BCUT2D eigenvalue weighted by Crippen LogP contribution is -2.31. The summed E-state index contributed by atoms with van der Waals surface area (Å²) >= 11 is 0. The van der Waals surface area contributed by atoms with Gasteiger partial charge in [-0.15, -0.1) is 0 Å². The van der Waals surface area contributed by atoms with Crippen molar-refractivity contribution in [1.29, 1.82) is 0 Å². The highest BCUT2D eigenvalue weighted by molar-refractivity contribution is 5.48. The van der Waals surface area contributed by atoms with Crippen LogP contribution in [0.2, 0.25) is 0 Å². The van der Waals surface area contributed by atoms with E-state index in [0.717, 1.165) is 55.0 Å². The van der Waals surface area contributed by atoms with Gasteiger partial charge < -0.3 is 10.6 Å². The molecular weight excluding hydrogens is 272 g/mol. The summed E-state index contributed by atoms with van der Waals surface area (Å²) in [6.07, 6.45) is 7.21. The summed E-state index contributed by atoms with van der Waals surface area (Å²) in [7, 11) is 0. The van der Waals surface area contributed by atoms with Crippen molar-refractivity contribution in [2.45, 2.75) is 66.2 Å². The maximum atomic E-state index is 6.24. The van der Waals surface area contributed by atoms with Gasteiger partial charge in [0.15, 0.2) is 0 Å². The molecule has 1 unspecified atom stereocenters. The van der Waals surface area contributed by atoms with Crippen molar-refractivity contribution in [3.05, 3.63) is 11.3 Å². The van der Waals surface area contributed by atoms with Crippen LogP contribution in [-0.2, 0) is 6.42 Å². The van der Waals surface area contributed by atoms with Crippen LogP contribution < -0.4 is 10.6 Å². The summed E-state index contributed by atoms with van der Waals surface area (Å²) in [4.78, 5) is 11.6. The largest absolute Gasteiger partial charge is 0.383 e. The van der Waals surface area contributed by atoms with Gasteiger partial charge in [0.05, 0.1) is 0 Å². The molecule has 0 radical (unpaired) electrons. The van der Waals surface area contributed by atoms with Crippen LogP contribution in [0.3, 0.4) is 0 Å². The molecule has 1 aliphatic rings. The second kappa shape index (κ2) is 7.80. The smallest absolute Gasteiger partial charge is 0.227 e. The van der Waals surface area contributed by atoms with Gasteiger partial charge >= 0.3 is 0 Å². The molecule has 1 fully saturated rings. The van der Waals surface area contributed by atoms with Gasteiger partial charge in [0.25, 0.3) is 0 Å². The molecule has 124 valence electrons. The molecular formula is C18H32N4. The number of piperidine rings is 1. The van der Waals surface area contributed by atoms with Gasteiger partial charge in [-0.3, -0.25) is 0 Å². The number of rotatable bonds is 6. The highest BCUT2D eigenvalue weighted by atomic mass is 15.3. The van der Waals surface area contributed by atoms with Crippen molar-refractivity contribution >= 4 is 11.8 Å². The zero-order valence-corrected chi connectivity index (χ0v) is 14.7. The molecule has 0 amide bonds. The summed E-state index contributed by atoms with van der Waals surface area (Å²) in [6, 6.07) is 0. The molecule has 2 rings (SSSR count). The zero-order valence-electron chi connectivity index (χ0n) is 14.7. The fraction of sp³-hybridized carbons (Fsp3) is 0.778. The number of aromatic nitrogens is 2. The van der Waals surface area contributed by atoms with E-state index < -0.39 is 0 Å². The molecule has 2 N–H and O–H groups in total. The Kier molecular flexibility index (Phi) is 6.04. The van der Waals surface area contributed by atoms with Crippen LogP contribution >= 0.6 is 0 Å². The maximum Gasteiger partial charge on any atom is 0.227 e. The first-order valence-corrected chi connectivity index (χ1v) is 8.85. The Balaban J connectivity index is 2.03. The number of nitrogen functional groups attached to an aromatic ring is 1. The monoisotopic (exact) mass is 304 g/mol. The van der Waals surface area contributed by atoms with E-state index in [4.69, 9.17) is 10.7 Å². The first-order valence-electron chi connectivity index (χ1n) is 8.85. The minimum absolute atomic E-state index is 0.685. The summed E-state index contributed by atoms with van der Waals surface area (Å²) < 4.78 is 0. The molecule has 22 heavy (non-hydrogen) atoms. The highest BCUT2D eigenvalue weighted by Crippen LogP contribution is 2.24. The molecule has 0 spiro atoms. The van der Waals surface area contributed by atoms with Crippen LogP contribution in [0.5, 0.6) is 0 Å². The normalized spacial score (nSPS) is 17.0. The zero-order chi connectivity index (χ0) is 16.1. The van der Waals surface area contributed by atoms with Gasteiger partial charge in [0, 0.05) is 24.3 Å². The van der Waals surface area contributed by atoms with E-state index in [1.165, 1.54) is 25.7 Å². The summed E-state index contributed by atoms with van der Waals surface area (Å²) in [5.74, 6) is 2.99. The van der Waals surface area contributed by atoms with Crippen LogP contribution in [0, 0.1) is 18.8 Å². The molecule has 0 aromatic carbocycles. The van der Waals surface area contributed by atoms with Gasteiger partial charge in [-0.25, -0.2) is 4.98 Å². The third-order valence-corrected chi connectivity index (χ3v) is 4.63. The van der Waals surface area contributed by atoms with Crippen LogP contribution in [0.4, 0.5) is 11.8 Å². The molecule has 4 nitrogen and oxygen atoms in total. The quantitative estimate of drug-likeness (QED) is 0.864. The average molecular weight is 304 g/mol. The minimum Gasteiger partial charge on any atom is -0.383 e. The minimum atomic E-state index is 0.685. The molecule has 1 saturated heterocycles. The average Bonchev–Trinajstić information content (AvgIpc) is 2.46. The third-order valence-electron chi connectivity index (χ3n) is 4.63. The standard InChI is InChI=1S/C18H32N4/c1-13(2)12-14(3)8-9-16-15(4)20-18(21-17(16)19)22-10-6-5-7-11-22/h13-14H,5-12H2,1-4H3,(H2,19,20,21). The Morgan fingerprint density at radius 1 is 1.09 bits per heavy atom. The molecule has 4 heteroatoms.